The van der Waals surface area contributed by atoms with Crippen LogP contribution in [0.15, 0.2) is 18.2 Å². The lowest BCUT2D eigenvalue weighted by Gasteiger charge is -2.31. The van der Waals surface area contributed by atoms with E-state index >= 15 is 0 Å². The molecule has 0 heterocycles. The molecule has 2 N–H and O–H groups in total. The molecule has 1 unspecified atom stereocenters. The van der Waals surface area contributed by atoms with Gasteiger partial charge in [-0.15, -0.1) is 0 Å². The van der Waals surface area contributed by atoms with E-state index in [2.05, 4.69) is 16.7 Å². The summed E-state index contributed by atoms with van der Waals surface area (Å²) in [5, 5.41) is 14.8. The van der Waals surface area contributed by atoms with Gasteiger partial charge in [0.25, 0.3) is 5.91 Å². The maximum absolute atomic E-state index is 13.3. The number of halogens is 2. The fraction of sp³-hybridized carbons (Fsp3) is 0.526. The van der Waals surface area contributed by atoms with Gasteiger partial charge >= 0.3 is 0 Å². The number of benzene rings is 1. The molecule has 0 saturated heterocycles. The lowest BCUT2D eigenvalue weighted by molar-refractivity contribution is -0.127. The summed E-state index contributed by atoms with van der Waals surface area (Å²) < 4.78 is 26.4. The van der Waals surface area contributed by atoms with Gasteiger partial charge < -0.3 is 10.6 Å². The molecule has 2 aliphatic rings. The summed E-state index contributed by atoms with van der Waals surface area (Å²) in [6, 6.07) is 4.23. The van der Waals surface area contributed by atoms with Gasteiger partial charge in [-0.05, 0) is 49.8 Å². The van der Waals surface area contributed by atoms with Crippen molar-refractivity contribution in [2.24, 2.45) is 11.8 Å². The molecule has 1 aromatic carbocycles. The quantitative estimate of drug-likeness (QED) is 0.846. The minimum Gasteiger partial charge on any atom is -0.349 e. The van der Waals surface area contributed by atoms with Gasteiger partial charge in [0.05, 0.1) is 12.0 Å². The average Bonchev–Trinajstić information content (AvgIpc) is 3.47. The van der Waals surface area contributed by atoms with Crippen molar-refractivity contribution in [3.63, 3.8) is 0 Å². The summed E-state index contributed by atoms with van der Waals surface area (Å²) in [6.07, 6.45) is 4.89. The molecule has 2 fully saturated rings. The minimum atomic E-state index is -1.09. The molecule has 0 aromatic heterocycles. The molecule has 3 atom stereocenters. The number of nitrogens with zero attached hydrogens (tertiary/aromatic N) is 1. The number of carbonyl (C=O) groups excluding carboxylic acids is 2. The second-order valence-electron chi connectivity index (χ2n) is 7.05. The third-order valence-electron chi connectivity index (χ3n) is 5.13. The van der Waals surface area contributed by atoms with Crippen LogP contribution >= 0.6 is 0 Å². The molecule has 0 aliphatic heterocycles. The van der Waals surface area contributed by atoms with E-state index in [1.165, 1.54) is 6.07 Å². The van der Waals surface area contributed by atoms with Crippen molar-refractivity contribution in [1.29, 1.82) is 5.26 Å². The number of rotatable bonds is 5. The van der Waals surface area contributed by atoms with Crippen molar-refractivity contribution in [2.45, 2.75) is 50.6 Å². The van der Waals surface area contributed by atoms with E-state index in [4.69, 9.17) is 0 Å². The van der Waals surface area contributed by atoms with Crippen molar-refractivity contribution >= 4 is 11.8 Å². The van der Waals surface area contributed by atoms with Crippen LogP contribution in [0.4, 0.5) is 8.78 Å². The van der Waals surface area contributed by atoms with Crippen molar-refractivity contribution < 1.29 is 18.4 Å². The van der Waals surface area contributed by atoms with Gasteiger partial charge in [-0.1, -0.05) is 12.8 Å². The monoisotopic (exact) mass is 361 g/mol. The predicted octanol–water partition coefficient (Wildman–Crippen LogP) is 2.67. The summed E-state index contributed by atoms with van der Waals surface area (Å²) in [7, 11) is 0. The summed E-state index contributed by atoms with van der Waals surface area (Å²) in [6.45, 7) is 0. The third kappa shape index (κ3) is 4.18. The molecular weight excluding hydrogens is 340 g/mol. The number of nitriles is 1. The van der Waals surface area contributed by atoms with Gasteiger partial charge in [-0.25, -0.2) is 8.78 Å². The molecule has 0 radical (unpaired) electrons. The Kier molecular flexibility index (Phi) is 5.50. The highest BCUT2D eigenvalue weighted by atomic mass is 19.2. The first kappa shape index (κ1) is 18.3. The van der Waals surface area contributed by atoms with E-state index in [1.807, 2.05) is 0 Å². The summed E-state index contributed by atoms with van der Waals surface area (Å²) in [4.78, 5) is 25.0. The van der Waals surface area contributed by atoms with E-state index in [9.17, 15) is 23.6 Å². The van der Waals surface area contributed by atoms with Gasteiger partial charge in [-0.2, -0.15) is 5.26 Å². The van der Waals surface area contributed by atoms with E-state index in [0.29, 0.717) is 12.8 Å². The number of carbonyl (C=O) groups is 2. The summed E-state index contributed by atoms with van der Waals surface area (Å²) in [5.41, 5.74) is 0.0153. The zero-order chi connectivity index (χ0) is 18.7. The smallest absolute Gasteiger partial charge is 0.251 e. The molecule has 0 spiro atoms. The van der Waals surface area contributed by atoms with Gasteiger partial charge in [0.1, 0.15) is 6.04 Å². The molecule has 2 saturated carbocycles. The second kappa shape index (κ2) is 7.81. The van der Waals surface area contributed by atoms with E-state index < -0.39 is 29.5 Å². The Morgan fingerprint density at radius 1 is 1.12 bits per heavy atom. The molecule has 2 aliphatic carbocycles. The first-order valence-electron chi connectivity index (χ1n) is 8.95. The average molecular weight is 361 g/mol. The lowest BCUT2D eigenvalue weighted by Crippen LogP contribution is -2.50. The summed E-state index contributed by atoms with van der Waals surface area (Å²) in [5.74, 6) is -3.06. The molecular formula is C19H21F2N3O2. The molecule has 1 aromatic rings. The largest absolute Gasteiger partial charge is 0.349 e. The van der Waals surface area contributed by atoms with Crippen molar-refractivity contribution in [1.82, 2.24) is 10.6 Å². The number of amides is 2. The van der Waals surface area contributed by atoms with Gasteiger partial charge in [0.2, 0.25) is 5.91 Å². The standard InChI is InChI=1S/C19H21F2N3O2/c20-14-8-7-12(9-15(14)21)18(25)23-16-4-2-1-3-13(16)19(26)24-17(10-22)11-5-6-11/h7-9,11,13,16-17H,1-6H2,(H,23,25)(H,24,26)/t13-,16+,17?/m0/s1. The third-order valence-corrected chi connectivity index (χ3v) is 5.13. The van der Waals surface area contributed by atoms with Crippen molar-refractivity contribution in [3.8, 4) is 6.07 Å². The highest BCUT2D eigenvalue weighted by molar-refractivity contribution is 5.95. The first-order chi connectivity index (χ1) is 12.5. The molecule has 2 amide bonds. The van der Waals surface area contributed by atoms with Crippen LogP contribution in [0.5, 0.6) is 0 Å². The molecule has 3 rings (SSSR count). The fourth-order valence-corrected chi connectivity index (χ4v) is 3.45. The minimum absolute atomic E-state index is 0.0153. The van der Waals surface area contributed by atoms with Crippen LogP contribution in [-0.2, 0) is 4.79 Å². The second-order valence-corrected chi connectivity index (χ2v) is 7.05. The first-order valence-corrected chi connectivity index (χ1v) is 8.95. The fourth-order valence-electron chi connectivity index (χ4n) is 3.45. The lowest BCUT2D eigenvalue weighted by atomic mass is 9.83. The highest BCUT2D eigenvalue weighted by Crippen LogP contribution is 2.33. The van der Waals surface area contributed by atoms with E-state index in [0.717, 1.165) is 37.8 Å². The number of nitrogens with one attached hydrogen (secondary N) is 2. The Morgan fingerprint density at radius 3 is 2.50 bits per heavy atom. The maximum atomic E-state index is 13.3. The number of hydrogen-bond acceptors (Lipinski definition) is 3. The van der Waals surface area contributed by atoms with Gasteiger partial charge in [0.15, 0.2) is 11.6 Å². The van der Waals surface area contributed by atoms with Crippen LogP contribution in [0.1, 0.15) is 48.9 Å². The Hall–Kier alpha value is -2.49. The topological polar surface area (TPSA) is 82.0 Å². The molecule has 5 nitrogen and oxygen atoms in total. The van der Waals surface area contributed by atoms with E-state index in [1.54, 1.807) is 0 Å². The zero-order valence-corrected chi connectivity index (χ0v) is 14.3. The van der Waals surface area contributed by atoms with Crippen LogP contribution in [0, 0.1) is 34.8 Å². The molecule has 0 bridgehead atoms. The van der Waals surface area contributed by atoms with Crippen LogP contribution in [-0.4, -0.2) is 23.9 Å². The highest BCUT2D eigenvalue weighted by Gasteiger charge is 2.37. The SMILES string of the molecule is N#CC(NC(=O)[C@H]1CCCC[C@H]1NC(=O)c1ccc(F)c(F)c1)C1CC1. The van der Waals surface area contributed by atoms with Crippen LogP contribution in [0.25, 0.3) is 0 Å². The summed E-state index contributed by atoms with van der Waals surface area (Å²) >= 11 is 0. The Labute approximate surface area is 150 Å². The Morgan fingerprint density at radius 2 is 1.85 bits per heavy atom. The van der Waals surface area contributed by atoms with Gasteiger partial charge in [0, 0.05) is 11.6 Å². The molecule has 138 valence electrons. The van der Waals surface area contributed by atoms with Crippen LogP contribution in [0.2, 0.25) is 0 Å². The number of hydrogen-bond donors (Lipinski definition) is 2. The normalized spacial score (nSPS) is 23.6. The Balaban J connectivity index is 1.66. The zero-order valence-electron chi connectivity index (χ0n) is 14.3. The van der Waals surface area contributed by atoms with E-state index in [-0.39, 0.29) is 23.4 Å². The van der Waals surface area contributed by atoms with Crippen LogP contribution in [0.3, 0.4) is 0 Å². The van der Waals surface area contributed by atoms with Crippen molar-refractivity contribution in [2.75, 3.05) is 0 Å². The maximum Gasteiger partial charge on any atom is 0.251 e. The van der Waals surface area contributed by atoms with Crippen molar-refractivity contribution in [3.05, 3.63) is 35.4 Å². The molecule has 7 heteroatoms. The molecule has 26 heavy (non-hydrogen) atoms. The van der Waals surface area contributed by atoms with Gasteiger partial charge in [-0.3, -0.25) is 9.59 Å². The van der Waals surface area contributed by atoms with Crippen LogP contribution < -0.4 is 10.6 Å². The Bertz CT molecular complexity index is 743. The predicted molar refractivity (Wildman–Crippen MR) is 89.8 cm³/mol.